The highest BCUT2D eigenvalue weighted by molar-refractivity contribution is 5.87. The summed E-state index contributed by atoms with van der Waals surface area (Å²) in [6.07, 6.45) is 8.93. The van der Waals surface area contributed by atoms with Crippen LogP contribution in [0.5, 0.6) is 5.75 Å². The lowest BCUT2D eigenvalue weighted by Crippen LogP contribution is -2.36. The Hall–Kier alpha value is -2.02. The van der Waals surface area contributed by atoms with Crippen LogP contribution in [0.15, 0.2) is 36.4 Å². The average molecular weight is 282 g/mol. The second-order valence-electron chi connectivity index (χ2n) is 5.17. The fourth-order valence-corrected chi connectivity index (χ4v) is 2.58. The standard InChI is InChI=1S/C18H22N2O/c1-3-4-5-9-16(20-19)12-15-8-6-7-14-10-11-17(21-2)13-18(14)15/h1,6-8,10-11,13,16,20H,4-5,9,12,19H2,2H3. The average Bonchev–Trinajstić information content (AvgIpc) is 2.53. The highest BCUT2D eigenvalue weighted by Gasteiger charge is 2.10. The van der Waals surface area contributed by atoms with Gasteiger partial charge in [-0.3, -0.25) is 11.3 Å². The summed E-state index contributed by atoms with van der Waals surface area (Å²) in [5.41, 5.74) is 4.18. The van der Waals surface area contributed by atoms with Gasteiger partial charge in [-0.2, -0.15) is 0 Å². The summed E-state index contributed by atoms with van der Waals surface area (Å²) >= 11 is 0. The summed E-state index contributed by atoms with van der Waals surface area (Å²) in [7, 11) is 1.69. The molecule has 0 saturated carbocycles. The SMILES string of the molecule is C#CCCCC(Cc1cccc2ccc(OC)cc12)NN. The first-order valence-corrected chi connectivity index (χ1v) is 7.23. The normalized spacial score (nSPS) is 12.0. The Morgan fingerprint density at radius 1 is 1.33 bits per heavy atom. The molecule has 2 rings (SSSR count). The molecule has 0 bridgehead atoms. The molecule has 0 fully saturated rings. The molecule has 0 saturated heterocycles. The Balaban J connectivity index is 2.22. The minimum Gasteiger partial charge on any atom is -0.497 e. The van der Waals surface area contributed by atoms with E-state index in [-0.39, 0.29) is 6.04 Å². The Kier molecular flexibility index (Phi) is 5.62. The van der Waals surface area contributed by atoms with E-state index < -0.39 is 0 Å². The van der Waals surface area contributed by atoms with E-state index in [2.05, 4.69) is 41.7 Å². The van der Waals surface area contributed by atoms with E-state index in [1.54, 1.807) is 7.11 Å². The van der Waals surface area contributed by atoms with E-state index in [4.69, 9.17) is 17.0 Å². The number of hydrogen-bond donors (Lipinski definition) is 2. The molecule has 0 aliphatic heterocycles. The van der Waals surface area contributed by atoms with Gasteiger partial charge in [0.15, 0.2) is 0 Å². The number of nitrogens with two attached hydrogens (primary N) is 1. The molecule has 2 aromatic rings. The molecule has 3 heteroatoms. The van der Waals surface area contributed by atoms with Gasteiger partial charge < -0.3 is 4.74 Å². The Morgan fingerprint density at radius 3 is 2.90 bits per heavy atom. The third-order valence-electron chi connectivity index (χ3n) is 3.76. The summed E-state index contributed by atoms with van der Waals surface area (Å²) < 4.78 is 5.33. The number of hydrazine groups is 1. The van der Waals surface area contributed by atoms with E-state index in [1.807, 2.05) is 6.07 Å². The highest BCUT2D eigenvalue weighted by atomic mass is 16.5. The Morgan fingerprint density at radius 2 is 2.19 bits per heavy atom. The van der Waals surface area contributed by atoms with Crippen LogP contribution in [0.4, 0.5) is 0 Å². The molecule has 0 heterocycles. The number of methoxy groups -OCH3 is 1. The molecular weight excluding hydrogens is 260 g/mol. The van der Waals surface area contributed by atoms with Gasteiger partial charge in [0, 0.05) is 12.5 Å². The van der Waals surface area contributed by atoms with Crippen LogP contribution in [0.25, 0.3) is 10.8 Å². The molecule has 0 amide bonds. The fourth-order valence-electron chi connectivity index (χ4n) is 2.58. The number of hydrogen-bond acceptors (Lipinski definition) is 3. The summed E-state index contributed by atoms with van der Waals surface area (Å²) in [5.74, 6) is 9.22. The molecule has 3 N–H and O–H groups in total. The van der Waals surface area contributed by atoms with Crippen LogP contribution >= 0.6 is 0 Å². The molecule has 0 radical (unpaired) electrons. The van der Waals surface area contributed by atoms with Crippen LogP contribution in [0.1, 0.15) is 24.8 Å². The maximum atomic E-state index is 5.68. The van der Waals surface area contributed by atoms with Gasteiger partial charge in [-0.05, 0) is 47.7 Å². The molecule has 0 spiro atoms. The van der Waals surface area contributed by atoms with Crippen LogP contribution in [0.3, 0.4) is 0 Å². The smallest absolute Gasteiger partial charge is 0.119 e. The number of terminal acetylenes is 1. The molecule has 0 aromatic heterocycles. The largest absolute Gasteiger partial charge is 0.497 e. The summed E-state index contributed by atoms with van der Waals surface area (Å²) in [6.45, 7) is 0. The lowest BCUT2D eigenvalue weighted by Gasteiger charge is -2.17. The van der Waals surface area contributed by atoms with Gasteiger partial charge in [0.2, 0.25) is 0 Å². The zero-order valence-electron chi connectivity index (χ0n) is 12.4. The number of nitrogens with one attached hydrogen (secondary N) is 1. The first kappa shape index (κ1) is 15.4. The summed E-state index contributed by atoms with van der Waals surface area (Å²) in [4.78, 5) is 0. The van der Waals surface area contributed by atoms with Gasteiger partial charge >= 0.3 is 0 Å². The molecule has 1 unspecified atom stereocenters. The van der Waals surface area contributed by atoms with Crippen LogP contribution < -0.4 is 16.0 Å². The lowest BCUT2D eigenvalue weighted by molar-refractivity contribution is 0.415. The molecule has 110 valence electrons. The zero-order valence-corrected chi connectivity index (χ0v) is 12.4. The predicted octanol–water partition coefficient (Wildman–Crippen LogP) is 3.03. The van der Waals surface area contributed by atoms with Crippen LogP contribution in [0.2, 0.25) is 0 Å². The van der Waals surface area contributed by atoms with Gasteiger partial charge in [-0.15, -0.1) is 12.3 Å². The van der Waals surface area contributed by atoms with Gasteiger partial charge in [0.25, 0.3) is 0 Å². The number of benzene rings is 2. The number of ether oxygens (including phenoxy) is 1. The number of rotatable bonds is 7. The van der Waals surface area contributed by atoms with Gasteiger partial charge in [-0.1, -0.05) is 24.3 Å². The van der Waals surface area contributed by atoms with Crippen molar-refractivity contribution in [1.29, 1.82) is 0 Å². The molecular formula is C18H22N2O. The second-order valence-corrected chi connectivity index (χ2v) is 5.17. The minimum absolute atomic E-state index is 0.232. The van der Waals surface area contributed by atoms with Crippen molar-refractivity contribution in [3.63, 3.8) is 0 Å². The lowest BCUT2D eigenvalue weighted by atomic mass is 9.96. The minimum atomic E-state index is 0.232. The van der Waals surface area contributed by atoms with Gasteiger partial charge in [0.1, 0.15) is 5.75 Å². The van der Waals surface area contributed by atoms with E-state index in [0.29, 0.717) is 0 Å². The summed E-state index contributed by atoms with van der Waals surface area (Å²) in [6, 6.07) is 12.7. The Labute approximate surface area is 126 Å². The van der Waals surface area contributed by atoms with Gasteiger partial charge in [-0.25, -0.2) is 0 Å². The summed E-state index contributed by atoms with van der Waals surface area (Å²) in [5, 5.41) is 2.43. The molecule has 1 atom stereocenters. The van der Waals surface area contributed by atoms with Crippen molar-refractivity contribution in [2.75, 3.05) is 7.11 Å². The number of unbranched alkanes of at least 4 members (excludes halogenated alkanes) is 1. The maximum Gasteiger partial charge on any atom is 0.119 e. The van der Waals surface area contributed by atoms with Crippen molar-refractivity contribution in [3.05, 3.63) is 42.0 Å². The van der Waals surface area contributed by atoms with Crippen LogP contribution in [0, 0.1) is 12.3 Å². The molecule has 2 aromatic carbocycles. The first-order valence-electron chi connectivity index (χ1n) is 7.23. The van der Waals surface area contributed by atoms with Crippen molar-refractivity contribution >= 4 is 10.8 Å². The molecule has 0 aliphatic rings. The van der Waals surface area contributed by atoms with E-state index in [9.17, 15) is 0 Å². The zero-order chi connectivity index (χ0) is 15.1. The van der Waals surface area contributed by atoms with Gasteiger partial charge in [0.05, 0.1) is 7.11 Å². The maximum absolute atomic E-state index is 5.68. The second kappa shape index (κ2) is 7.68. The van der Waals surface area contributed by atoms with Crippen LogP contribution in [-0.4, -0.2) is 13.2 Å². The quantitative estimate of drug-likeness (QED) is 0.355. The van der Waals surface area contributed by atoms with E-state index in [0.717, 1.165) is 31.4 Å². The molecule has 21 heavy (non-hydrogen) atoms. The third-order valence-corrected chi connectivity index (χ3v) is 3.76. The topological polar surface area (TPSA) is 47.3 Å². The first-order chi connectivity index (χ1) is 10.3. The van der Waals surface area contributed by atoms with Crippen molar-refractivity contribution in [2.24, 2.45) is 5.84 Å². The van der Waals surface area contributed by atoms with Crippen molar-refractivity contribution in [3.8, 4) is 18.1 Å². The van der Waals surface area contributed by atoms with E-state index in [1.165, 1.54) is 16.3 Å². The van der Waals surface area contributed by atoms with Crippen molar-refractivity contribution in [2.45, 2.75) is 31.7 Å². The Bertz CT molecular complexity index is 631. The molecule has 0 aliphatic carbocycles. The predicted molar refractivity (Wildman–Crippen MR) is 88.0 cm³/mol. The van der Waals surface area contributed by atoms with Crippen molar-refractivity contribution in [1.82, 2.24) is 5.43 Å². The van der Waals surface area contributed by atoms with Crippen LogP contribution in [-0.2, 0) is 6.42 Å². The van der Waals surface area contributed by atoms with E-state index >= 15 is 0 Å². The number of fused-ring (bicyclic) bond motifs is 1. The fraction of sp³-hybridized carbons (Fsp3) is 0.333. The highest BCUT2D eigenvalue weighted by Crippen LogP contribution is 2.25. The monoisotopic (exact) mass is 282 g/mol. The molecule has 3 nitrogen and oxygen atoms in total. The third kappa shape index (κ3) is 3.98. The van der Waals surface area contributed by atoms with Crippen molar-refractivity contribution < 1.29 is 4.74 Å².